The maximum atomic E-state index is 13.1. The third-order valence-corrected chi connectivity index (χ3v) is 8.12. The van der Waals surface area contributed by atoms with E-state index in [1.54, 1.807) is 23.1 Å². The lowest BCUT2D eigenvalue weighted by atomic mass is 9.92. The van der Waals surface area contributed by atoms with Crippen molar-refractivity contribution in [3.63, 3.8) is 0 Å². The number of sulfonamides is 1. The minimum atomic E-state index is -3.60. The summed E-state index contributed by atoms with van der Waals surface area (Å²) < 4.78 is 38.5. The molecule has 0 aromatic heterocycles. The van der Waals surface area contributed by atoms with Crippen molar-refractivity contribution < 1.29 is 27.5 Å². The minimum absolute atomic E-state index is 0.200. The van der Waals surface area contributed by atoms with Crippen molar-refractivity contribution in [1.29, 1.82) is 0 Å². The van der Waals surface area contributed by atoms with Gasteiger partial charge in [0.05, 0.1) is 12.0 Å². The fourth-order valence-electron chi connectivity index (χ4n) is 4.30. The number of nitrogens with zero attached hydrogens (tertiary/aromatic N) is 2. The first-order valence-corrected chi connectivity index (χ1v) is 12.5. The number of hydrogen-bond acceptors (Lipinski definition) is 6. The molecule has 8 nitrogen and oxygen atoms in total. The van der Waals surface area contributed by atoms with E-state index >= 15 is 0 Å². The van der Waals surface area contributed by atoms with Crippen molar-refractivity contribution in [2.75, 3.05) is 39.9 Å². The van der Waals surface area contributed by atoms with Crippen molar-refractivity contribution in [2.24, 2.45) is 0 Å². The summed E-state index contributed by atoms with van der Waals surface area (Å²) in [5.74, 6) is 0.501. The molecule has 0 radical (unpaired) electrons. The topological polar surface area (TPSA) is 93.2 Å². The number of methoxy groups -OCH3 is 1. The molecule has 176 valence electrons. The van der Waals surface area contributed by atoms with E-state index in [2.05, 4.69) is 0 Å². The molecule has 33 heavy (non-hydrogen) atoms. The average molecular weight is 473 g/mol. The first-order chi connectivity index (χ1) is 15.9. The monoisotopic (exact) mass is 472 g/mol. The van der Waals surface area contributed by atoms with Crippen LogP contribution in [-0.2, 0) is 27.7 Å². The molecule has 1 aliphatic carbocycles. The molecule has 2 aromatic carbocycles. The largest absolute Gasteiger partial charge is 0.493 e. The van der Waals surface area contributed by atoms with Gasteiger partial charge in [-0.05, 0) is 67.1 Å². The molecule has 4 rings (SSSR count). The lowest BCUT2D eigenvalue weighted by Crippen LogP contribution is -2.51. The molecular weight excluding hydrogens is 444 g/mol. The number of rotatable bonds is 7. The second-order valence-electron chi connectivity index (χ2n) is 8.24. The second kappa shape index (κ2) is 9.93. The average Bonchev–Trinajstić information content (AvgIpc) is 2.86. The molecule has 9 heteroatoms. The zero-order valence-corrected chi connectivity index (χ0v) is 19.5. The van der Waals surface area contributed by atoms with Crippen LogP contribution in [0, 0.1) is 0 Å². The summed E-state index contributed by atoms with van der Waals surface area (Å²) in [6.45, 7) is 0.876. The lowest BCUT2D eigenvalue weighted by Gasteiger charge is -2.34. The number of fused-ring (bicyclic) bond motifs is 1. The number of ether oxygens (including phenoxy) is 2. The van der Waals surface area contributed by atoms with Crippen LogP contribution >= 0.6 is 0 Å². The standard InChI is InChI=1S/C24H28N2O6S/c1-31-23-14-18(16-27)6-9-22(23)32-17-24(28)25-10-12-26(13-11-25)33(29,30)21-8-7-19-4-2-3-5-20(19)15-21/h6-9,14-16H,2-5,10-13,17H2,1H3. The van der Waals surface area contributed by atoms with E-state index in [0.29, 0.717) is 41.3 Å². The number of amides is 1. The first-order valence-electron chi connectivity index (χ1n) is 11.1. The number of aryl methyl sites for hydroxylation is 2. The first kappa shape index (κ1) is 23.3. The van der Waals surface area contributed by atoms with Crippen LogP contribution in [-0.4, -0.2) is 69.7 Å². The Kier molecular flexibility index (Phi) is 6.99. The van der Waals surface area contributed by atoms with Gasteiger partial charge < -0.3 is 14.4 Å². The van der Waals surface area contributed by atoms with Crippen LogP contribution in [0.15, 0.2) is 41.3 Å². The second-order valence-corrected chi connectivity index (χ2v) is 10.2. The van der Waals surface area contributed by atoms with Crippen molar-refractivity contribution in [3.8, 4) is 11.5 Å². The van der Waals surface area contributed by atoms with E-state index in [-0.39, 0.29) is 25.6 Å². The highest BCUT2D eigenvalue weighted by molar-refractivity contribution is 7.89. The number of benzene rings is 2. The third-order valence-electron chi connectivity index (χ3n) is 6.22. The van der Waals surface area contributed by atoms with Gasteiger partial charge in [-0.15, -0.1) is 0 Å². The molecule has 0 atom stereocenters. The van der Waals surface area contributed by atoms with E-state index in [4.69, 9.17) is 9.47 Å². The summed E-state index contributed by atoms with van der Waals surface area (Å²) >= 11 is 0. The molecule has 1 aliphatic heterocycles. The Bertz CT molecular complexity index is 1140. The molecule has 2 aromatic rings. The smallest absolute Gasteiger partial charge is 0.260 e. The van der Waals surface area contributed by atoms with E-state index < -0.39 is 10.0 Å². The Morgan fingerprint density at radius 1 is 0.970 bits per heavy atom. The number of carbonyl (C=O) groups is 2. The predicted molar refractivity (Wildman–Crippen MR) is 122 cm³/mol. The van der Waals surface area contributed by atoms with Crippen LogP contribution in [0.4, 0.5) is 0 Å². The third kappa shape index (κ3) is 5.04. The Balaban J connectivity index is 1.34. The van der Waals surface area contributed by atoms with Gasteiger partial charge in [0, 0.05) is 31.7 Å². The molecule has 1 heterocycles. The normalized spacial score (nSPS) is 16.7. The van der Waals surface area contributed by atoms with Crippen molar-refractivity contribution in [2.45, 2.75) is 30.6 Å². The quantitative estimate of drug-likeness (QED) is 0.574. The van der Waals surface area contributed by atoms with E-state index in [1.165, 1.54) is 23.0 Å². The van der Waals surface area contributed by atoms with Gasteiger partial charge in [0.1, 0.15) is 6.29 Å². The molecule has 1 saturated heterocycles. The Morgan fingerprint density at radius 2 is 1.70 bits per heavy atom. The molecule has 1 amide bonds. The van der Waals surface area contributed by atoms with Gasteiger partial charge >= 0.3 is 0 Å². The van der Waals surface area contributed by atoms with Crippen LogP contribution in [0.25, 0.3) is 0 Å². The summed E-state index contributed by atoms with van der Waals surface area (Å²) in [4.78, 5) is 25.5. The Hall–Kier alpha value is -2.91. The number of piperazine rings is 1. The summed E-state index contributed by atoms with van der Waals surface area (Å²) in [5, 5.41) is 0. The Labute approximate surface area is 194 Å². The maximum absolute atomic E-state index is 13.1. The lowest BCUT2D eigenvalue weighted by molar-refractivity contribution is -0.134. The van der Waals surface area contributed by atoms with Gasteiger partial charge in [0.25, 0.3) is 5.91 Å². The summed E-state index contributed by atoms with van der Waals surface area (Å²) in [5.41, 5.74) is 2.82. The van der Waals surface area contributed by atoms with E-state index in [9.17, 15) is 18.0 Å². The molecule has 0 saturated carbocycles. The fraction of sp³-hybridized carbons (Fsp3) is 0.417. The summed E-state index contributed by atoms with van der Waals surface area (Å²) in [7, 11) is -2.14. The molecule has 0 N–H and O–H groups in total. The van der Waals surface area contributed by atoms with Crippen molar-refractivity contribution in [3.05, 3.63) is 53.1 Å². The van der Waals surface area contributed by atoms with Gasteiger partial charge in [-0.25, -0.2) is 8.42 Å². The summed E-state index contributed by atoms with van der Waals surface area (Å²) in [6, 6.07) is 10.2. The fourth-order valence-corrected chi connectivity index (χ4v) is 5.78. The minimum Gasteiger partial charge on any atom is -0.493 e. The number of hydrogen-bond donors (Lipinski definition) is 0. The van der Waals surface area contributed by atoms with Gasteiger partial charge in [0.15, 0.2) is 18.1 Å². The van der Waals surface area contributed by atoms with Gasteiger partial charge in [-0.2, -0.15) is 4.31 Å². The van der Waals surface area contributed by atoms with Crippen LogP contribution in [0.5, 0.6) is 11.5 Å². The van der Waals surface area contributed by atoms with Gasteiger partial charge in [0.2, 0.25) is 10.0 Å². The molecule has 0 spiro atoms. The predicted octanol–water partition coefficient (Wildman–Crippen LogP) is 2.30. The maximum Gasteiger partial charge on any atom is 0.260 e. The van der Waals surface area contributed by atoms with Crippen LogP contribution in [0.3, 0.4) is 0 Å². The number of carbonyl (C=O) groups excluding carboxylic acids is 2. The molecule has 0 unspecified atom stereocenters. The molecule has 1 fully saturated rings. The zero-order valence-electron chi connectivity index (χ0n) is 18.7. The van der Waals surface area contributed by atoms with Crippen LogP contribution in [0.2, 0.25) is 0 Å². The highest BCUT2D eigenvalue weighted by Crippen LogP contribution is 2.28. The van der Waals surface area contributed by atoms with Gasteiger partial charge in [-0.3, -0.25) is 9.59 Å². The number of aldehydes is 1. The molecule has 2 aliphatic rings. The Morgan fingerprint density at radius 3 is 2.39 bits per heavy atom. The zero-order chi connectivity index (χ0) is 23.4. The molecular formula is C24H28N2O6S. The van der Waals surface area contributed by atoms with Gasteiger partial charge in [-0.1, -0.05) is 6.07 Å². The highest BCUT2D eigenvalue weighted by Gasteiger charge is 2.31. The highest BCUT2D eigenvalue weighted by atomic mass is 32.2. The summed E-state index contributed by atoms with van der Waals surface area (Å²) in [6.07, 6.45) is 4.87. The van der Waals surface area contributed by atoms with Crippen LogP contribution in [0.1, 0.15) is 34.3 Å². The van der Waals surface area contributed by atoms with Crippen molar-refractivity contribution in [1.82, 2.24) is 9.21 Å². The van der Waals surface area contributed by atoms with E-state index in [1.807, 2.05) is 12.1 Å². The van der Waals surface area contributed by atoms with Crippen molar-refractivity contribution >= 4 is 22.2 Å². The van der Waals surface area contributed by atoms with E-state index in [0.717, 1.165) is 31.2 Å². The van der Waals surface area contributed by atoms with Crippen LogP contribution < -0.4 is 9.47 Å². The SMILES string of the molecule is COc1cc(C=O)ccc1OCC(=O)N1CCN(S(=O)(=O)c2ccc3c(c2)CCCC3)CC1. The molecule has 0 bridgehead atoms.